The number of benzene rings is 1. The lowest BCUT2D eigenvalue weighted by atomic mass is 9.87. The molecule has 0 aliphatic heterocycles. The van der Waals surface area contributed by atoms with Crippen molar-refractivity contribution >= 4 is 29.1 Å². The maximum absolute atomic E-state index is 12.5. The third kappa shape index (κ3) is 5.44. The molecule has 1 aliphatic rings. The molecule has 0 saturated heterocycles. The van der Waals surface area contributed by atoms with Gasteiger partial charge in [0.15, 0.2) is 0 Å². The SMILES string of the molecule is CC(C)(C)[C@H](N)C(=O)Nc1ccc(Cl)c(C(=O)NC2CCCCC2)c1. The molecule has 2 amide bonds. The minimum atomic E-state index is -0.650. The number of hydrogen-bond donors (Lipinski definition) is 3. The topological polar surface area (TPSA) is 84.2 Å². The standard InChI is InChI=1S/C19H28ClN3O2/c1-19(2,3)16(21)18(25)23-13-9-10-15(20)14(11-13)17(24)22-12-7-5-4-6-8-12/h9-12,16H,4-8,21H2,1-3H3,(H,22,24)(H,23,25)/t16-/m1/s1. The van der Waals surface area contributed by atoms with Crippen LogP contribution in [0.5, 0.6) is 0 Å². The first-order valence-corrected chi connectivity index (χ1v) is 9.23. The normalized spacial score (nSPS) is 17.0. The minimum absolute atomic E-state index is 0.199. The predicted molar refractivity (Wildman–Crippen MR) is 102 cm³/mol. The summed E-state index contributed by atoms with van der Waals surface area (Å²) in [6.07, 6.45) is 5.50. The van der Waals surface area contributed by atoms with Crippen LogP contribution in [0, 0.1) is 5.41 Å². The fraction of sp³-hybridized carbons (Fsp3) is 0.579. The fourth-order valence-electron chi connectivity index (χ4n) is 2.90. The van der Waals surface area contributed by atoms with Gasteiger partial charge in [0.05, 0.1) is 16.6 Å². The number of nitrogens with two attached hydrogens (primary N) is 1. The third-order valence-electron chi connectivity index (χ3n) is 4.63. The van der Waals surface area contributed by atoms with E-state index in [0.29, 0.717) is 16.3 Å². The largest absolute Gasteiger partial charge is 0.349 e. The highest BCUT2D eigenvalue weighted by Crippen LogP contribution is 2.24. The van der Waals surface area contributed by atoms with E-state index in [2.05, 4.69) is 10.6 Å². The van der Waals surface area contributed by atoms with Crippen LogP contribution in [0.2, 0.25) is 5.02 Å². The van der Waals surface area contributed by atoms with Gasteiger partial charge < -0.3 is 16.4 Å². The number of anilines is 1. The average Bonchev–Trinajstić information content (AvgIpc) is 2.55. The van der Waals surface area contributed by atoms with Crippen molar-refractivity contribution in [2.45, 2.75) is 65.0 Å². The average molecular weight is 366 g/mol. The molecule has 0 aromatic heterocycles. The van der Waals surface area contributed by atoms with Gasteiger partial charge in [-0.3, -0.25) is 9.59 Å². The summed E-state index contributed by atoms with van der Waals surface area (Å²) >= 11 is 6.18. The van der Waals surface area contributed by atoms with Gasteiger partial charge in [0, 0.05) is 11.7 Å². The summed E-state index contributed by atoms with van der Waals surface area (Å²) in [5, 5.41) is 6.18. The van der Waals surface area contributed by atoms with Crippen LogP contribution in [0.4, 0.5) is 5.69 Å². The Balaban J connectivity index is 2.08. The summed E-state index contributed by atoms with van der Waals surface area (Å²) in [4.78, 5) is 24.8. The van der Waals surface area contributed by atoms with Crippen molar-refractivity contribution in [3.05, 3.63) is 28.8 Å². The van der Waals surface area contributed by atoms with Crippen LogP contribution in [-0.4, -0.2) is 23.9 Å². The van der Waals surface area contributed by atoms with E-state index >= 15 is 0 Å². The molecule has 1 aromatic carbocycles. The summed E-state index contributed by atoms with van der Waals surface area (Å²) in [7, 11) is 0. The van der Waals surface area contributed by atoms with E-state index in [1.807, 2.05) is 20.8 Å². The van der Waals surface area contributed by atoms with E-state index in [4.69, 9.17) is 17.3 Å². The van der Waals surface area contributed by atoms with Crippen LogP contribution in [0.15, 0.2) is 18.2 Å². The molecule has 138 valence electrons. The predicted octanol–water partition coefficient (Wildman–Crippen LogP) is 3.71. The Morgan fingerprint density at radius 2 is 1.84 bits per heavy atom. The molecule has 25 heavy (non-hydrogen) atoms. The minimum Gasteiger partial charge on any atom is -0.349 e. The fourth-order valence-corrected chi connectivity index (χ4v) is 3.10. The molecule has 0 unspecified atom stereocenters. The number of carbonyl (C=O) groups is 2. The highest BCUT2D eigenvalue weighted by molar-refractivity contribution is 6.34. The van der Waals surface area contributed by atoms with Gasteiger partial charge >= 0.3 is 0 Å². The van der Waals surface area contributed by atoms with E-state index in [1.165, 1.54) is 6.42 Å². The highest BCUT2D eigenvalue weighted by Gasteiger charge is 2.27. The van der Waals surface area contributed by atoms with Crippen molar-refractivity contribution in [3.63, 3.8) is 0 Å². The number of amides is 2. The molecule has 0 bridgehead atoms. The van der Waals surface area contributed by atoms with Gasteiger partial charge in [0.25, 0.3) is 5.91 Å². The summed E-state index contributed by atoms with van der Waals surface area (Å²) < 4.78 is 0. The molecule has 4 N–H and O–H groups in total. The van der Waals surface area contributed by atoms with Crippen molar-refractivity contribution < 1.29 is 9.59 Å². The lowest BCUT2D eigenvalue weighted by Gasteiger charge is -2.26. The second kappa shape index (κ2) is 8.19. The van der Waals surface area contributed by atoms with Gasteiger partial charge in [-0.15, -0.1) is 0 Å². The molecule has 5 nitrogen and oxygen atoms in total. The smallest absolute Gasteiger partial charge is 0.253 e. The highest BCUT2D eigenvalue weighted by atomic mass is 35.5. The first-order chi connectivity index (χ1) is 11.7. The zero-order valence-electron chi connectivity index (χ0n) is 15.2. The Morgan fingerprint density at radius 1 is 1.20 bits per heavy atom. The quantitative estimate of drug-likeness (QED) is 0.760. The van der Waals surface area contributed by atoms with E-state index < -0.39 is 6.04 Å². The monoisotopic (exact) mass is 365 g/mol. The van der Waals surface area contributed by atoms with Gasteiger partial charge in [0.2, 0.25) is 5.91 Å². The molecule has 2 rings (SSSR count). The lowest BCUT2D eigenvalue weighted by molar-refractivity contribution is -0.119. The molecular weight excluding hydrogens is 338 g/mol. The Labute approximate surface area is 154 Å². The zero-order chi connectivity index (χ0) is 18.6. The Morgan fingerprint density at radius 3 is 2.44 bits per heavy atom. The number of hydrogen-bond acceptors (Lipinski definition) is 3. The number of carbonyl (C=O) groups excluding carboxylic acids is 2. The van der Waals surface area contributed by atoms with Gasteiger partial charge in [-0.05, 0) is 36.5 Å². The van der Waals surface area contributed by atoms with Gasteiger partial charge in [0.1, 0.15) is 0 Å². The van der Waals surface area contributed by atoms with Crippen molar-refractivity contribution in [1.29, 1.82) is 0 Å². The molecule has 1 aromatic rings. The van der Waals surface area contributed by atoms with E-state index in [0.717, 1.165) is 25.7 Å². The van der Waals surface area contributed by atoms with E-state index in [1.54, 1.807) is 18.2 Å². The Hall–Kier alpha value is -1.59. The van der Waals surface area contributed by atoms with Gasteiger partial charge in [-0.2, -0.15) is 0 Å². The maximum Gasteiger partial charge on any atom is 0.253 e. The van der Waals surface area contributed by atoms with Crippen LogP contribution in [-0.2, 0) is 4.79 Å². The Kier molecular flexibility index (Phi) is 6.47. The molecule has 1 fully saturated rings. The zero-order valence-corrected chi connectivity index (χ0v) is 16.0. The van der Waals surface area contributed by atoms with Crippen LogP contribution < -0.4 is 16.4 Å². The van der Waals surface area contributed by atoms with Gasteiger partial charge in [-0.25, -0.2) is 0 Å². The molecule has 6 heteroatoms. The van der Waals surface area contributed by atoms with Crippen molar-refractivity contribution in [1.82, 2.24) is 5.32 Å². The van der Waals surface area contributed by atoms with E-state index in [-0.39, 0.29) is 23.3 Å². The summed E-state index contributed by atoms with van der Waals surface area (Å²) in [5.41, 5.74) is 6.51. The molecule has 0 radical (unpaired) electrons. The molecule has 1 aliphatic carbocycles. The van der Waals surface area contributed by atoms with Crippen LogP contribution in [0.25, 0.3) is 0 Å². The number of halogens is 1. The molecular formula is C19H28ClN3O2. The second-order valence-electron chi connectivity index (χ2n) is 7.84. The maximum atomic E-state index is 12.5. The first-order valence-electron chi connectivity index (χ1n) is 8.85. The summed E-state index contributed by atoms with van der Waals surface area (Å²) in [6, 6.07) is 4.45. The van der Waals surface area contributed by atoms with Crippen molar-refractivity contribution in [3.8, 4) is 0 Å². The lowest BCUT2D eigenvalue weighted by Crippen LogP contribution is -2.45. The molecule has 1 atom stereocenters. The third-order valence-corrected chi connectivity index (χ3v) is 4.96. The van der Waals surface area contributed by atoms with E-state index in [9.17, 15) is 9.59 Å². The summed E-state index contributed by atoms with van der Waals surface area (Å²) in [6.45, 7) is 5.71. The first kappa shape index (κ1) is 19.7. The van der Waals surface area contributed by atoms with Crippen molar-refractivity contribution in [2.24, 2.45) is 11.1 Å². The van der Waals surface area contributed by atoms with Crippen molar-refractivity contribution in [2.75, 3.05) is 5.32 Å². The summed E-state index contributed by atoms with van der Waals surface area (Å²) in [5.74, 6) is -0.485. The van der Waals surface area contributed by atoms with Gasteiger partial charge in [-0.1, -0.05) is 51.6 Å². The van der Waals surface area contributed by atoms with Crippen LogP contribution in [0.3, 0.4) is 0 Å². The number of nitrogens with one attached hydrogen (secondary N) is 2. The second-order valence-corrected chi connectivity index (χ2v) is 8.24. The molecule has 1 saturated carbocycles. The molecule has 0 heterocycles. The number of rotatable bonds is 4. The Bertz CT molecular complexity index is 634. The molecule has 0 spiro atoms. The van der Waals surface area contributed by atoms with Crippen LogP contribution in [0.1, 0.15) is 63.2 Å². The van der Waals surface area contributed by atoms with Crippen LogP contribution >= 0.6 is 11.6 Å².